The number of nitrogens with one attached hydrogen (secondary N) is 1. The highest BCUT2D eigenvalue weighted by atomic mass is 32.2. The first kappa shape index (κ1) is 22.5. The number of carbonyl (C=O) groups excluding carboxylic acids is 2. The second kappa shape index (κ2) is 9.88. The van der Waals surface area contributed by atoms with Gasteiger partial charge in [-0.3, -0.25) is 9.59 Å². The predicted molar refractivity (Wildman–Crippen MR) is 138 cm³/mol. The molecule has 0 saturated carbocycles. The first-order valence-electron chi connectivity index (χ1n) is 11.2. The Morgan fingerprint density at radius 2 is 1.51 bits per heavy atom. The molecule has 0 unspecified atom stereocenters. The minimum absolute atomic E-state index is 0.0502. The van der Waals surface area contributed by atoms with Crippen molar-refractivity contribution in [1.29, 1.82) is 5.26 Å². The molecule has 4 aromatic rings. The Bertz CT molecular complexity index is 1460. The van der Waals surface area contributed by atoms with Crippen LogP contribution in [0, 0.1) is 11.3 Å². The Balaban J connectivity index is 1.31. The second-order valence-corrected chi connectivity index (χ2v) is 9.16. The zero-order chi connectivity index (χ0) is 24.2. The average Bonchev–Trinajstić information content (AvgIpc) is 3.33. The number of hydrogen-bond acceptors (Lipinski definition) is 4. The van der Waals surface area contributed by atoms with Gasteiger partial charge in [-0.2, -0.15) is 5.26 Å². The third-order valence-corrected chi connectivity index (χ3v) is 7.03. The molecular weight excluding hydrogens is 454 g/mol. The number of hydrogen-bond donors (Lipinski definition) is 1. The van der Waals surface area contributed by atoms with Crippen LogP contribution in [-0.4, -0.2) is 18.4 Å². The number of amides is 2. The molecule has 5 nitrogen and oxygen atoms in total. The third-order valence-electron chi connectivity index (χ3n) is 5.88. The number of nitrogens with zero attached hydrogens (tertiary/aromatic N) is 2. The molecule has 6 heteroatoms. The summed E-state index contributed by atoms with van der Waals surface area (Å²) in [4.78, 5) is 29.5. The van der Waals surface area contributed by atoms with Gasteiger partial charge in [0.1, 0.15) is 6.07 Å². The van der Waals surface area contributed by atoms with Gasteiger partial charge in [-0.25, -0.2) is 0 Å². The molecule has 1 heterocycles. The normalized spacial score (nSPS) is 12.0. The van der Waals surface area contributed by atoms with Crippen LogP contribution in [0.15, 0.2) is 107 Å². The number of anilines is 2. The van der Waals surface area contributed by atoms with E-state index in [2.05, 4.69) is 17.5 Å². The van der Waals surface area contributed by atoms with Gasteiger partial charge in [-0.1, -0.05) is 54.2 Å². The van der Waals surface area contributed by atoms with E-state index in [1.165, 1.54) is 17.3 Å². The molecule has 1 aliphatic rings. The molecule has 5 rings (SSSR count). The van der Waals surface area contributed by atoms with Crippen LogP contribution in [0.4, 0.5) is 11.4 Å². The van der Waals surface area contributed by atoms with E-state index in [1.54, 1.807) is 41.3 Å². The number of carbonyl (C=O) groups is 2. The minimum atomic E-state index is -0.255. The molecule has 1 N–H and O–H groups in total. The number of fused-ring (bicyclic) bond motifs is 1. The van der Waals surface area contributed by atoms with Gasteiger partial charge in [0.2, 0.25) is 0 Å². The van der Waals surface area contributed by atoms with E-state index in [0.717, 1.165) is 21.9 Å². The highest BCUT2D eigenvalue weighted by molar-refractivity contribution is 7.99. The van der Waals surface area contributed by atoms with E-state index in [1.807, 2.05) is 54.6 Å². The van der Waals surface area contributed by atoms with Crippen molar-refractivity contribution < 1.29 is 9.59 Å². The predicted octanol–water partition coefficient (Wildman–Crippen LogP) is 6.16. The van der Waals surface area contributed by atoms with Crippen LogP contribution >= 0.6 is 11.8 Å². The summed E-state index contributed by atoms with van der Waals surface area (Å²) in [5, 5.41) is 12.3. The maximum absolute atomic E-state index is 13.1. The van der Waals surface area contributed by atoms with Crippen molar-refractivity contribution in [1.82, 2.24) is 0 Å². The first-order chi connectivity index (χ1) is 17.1. The summed E-state index contributed by atoms with van der Waals surface area (Å²) >= 11 is 1.39. The molecule has 0 aromatic heterocycles. The number of rotatable bonds is 5. The highest BCUT2D eigenvalue weighted by Gasteiger charge is 2.25. The summed E-state index contributed by atoms with van der Waals surface area (Å²) < 4.78 is 0. The maximum Gasteiger partial charge on any atom is 0.258 e. The fourth-order valence-corrected chi connectivity index (χ4v) is 5.13. The summed E-state index contributed by atoms with van der Waals surface area (Å²) in [6.07, 6.45) is 0.853. The average molecular weight is 476 g/mol. The fourth-order valence-electron chi connectivity index (χ4n) is 4.11. The molecule has 35 heavy (non-hydrogen) atoms. The summed E-state index contributed by atoms with van der Waals surface area (Å²) in [7, 11) is 0. The van der Waals surface area contributed by atoms with Crippen LogP contribution in [0.1, 0.15) is 31.8 Å². The molecule has 0 fully saturated rings. The lowest BCUT2D eigenvalue weighted by molar-refractivity contribution is 0.0988. The zero-order valence-electron chi connectivity index (χ0n) is 18.8. The van der Waals surface area contributed by atoms with Gasteiger partial charge < -0.3 is 10.2 Å². The summed E-state index contributed by atoms with van der Waals surface area (Å²) in [6, 6.07) is 31.7. The van der Waals surface area contributed by atoms with Crippen LogP contribution in [0.25, 0.3) is 0 Å². The molecule has 1 aliphatic heterocycles. The highest BCUT2D eigenvalue weighted by Crippen LogP contribution is 2.33. The molecule has 0 bridgehead atoms. The van der Waals surface area contributed by atoms with Crippen LogP contribution in [-0.2, 0) is 6.42 Å². The molecule has 2 amide bonds. The van der Waals surface area contributed by atoms with Crippen molar-refractivity contribution in [2.24, 2.45) is 0 Å². The standard InChI is InChI=1S/C29H21N3O2S/c30-19-22-8-2-5-11-26(22)35-27-12-6-3-9-24(27)28(33)31-23-15-13-21(14-16-23)29(34)32-18-17-20-7-1-4-10-25(20)32/h1-16H,17-18H2,(H,31,33). The Kier molecular flexibility index (Phi) is 6.34. The lowest BCUT2D eigenvalue weighted by Crippen LogP contribution is -2.28. The third kappa shape index (κ3) is 4.68. The van der Waals surface area contributed by atoms with E-state index in [0.29, 0.717) is 28.9 Å². The van der Waals surface area contributed by atoms with Crippen molar-refractivity contribution >= 4 is 35.0 Å². The lowest BCUT2D eigenvalue weighted by atomic mass is 10.1. The van der Waals surface area contributed by atoms with Gasteiger partial charge in [0.15, 0.2) is 0 Å². The molecule has 0 saturated heterocycles. The summed E-state index contributed by atoms with van der Waals surface area (Å²) in [5.41, 5.74) is 4.39. The van der Waals surface area contributed by atoms with Crippen molar-refractivity contribution in [2.75, 3.05) is 16.8 Å². The number of benzene rings is 4. The van der Waals surface area contributed by atoms with Gasteiger partial charge in [-0.15, -0.1) is 0 Å². The molecule has 0 atom stereocenters. The zero-order valence-corrected chi connectivity index (χ0v) is 19.6. The van der Waals surface area contributed by atoms with E-state index in [9.17, 15) is 14.9 Å². The number of para-hydroxylation sites is 1. The van der Waals surface area contributed by atoms with Gasteiger partial charge in [0, 0.05) is 33.3 Å². The first-order valence-corrected chi connectivity index (χ1v) is 12.0. The van der Waals surface area contributed by atoms with Crippen molar-refractivity contribution in [2.45, 2.75) is 16.2 Å². The second-order valence-electron chi connectivity index (χ2n) is 8.07. The Labute approximate surface area is 208 Å². The van der Waals surface area contributed by atoms with E-state index >= 15 is 0 Å². The van der Waals surface area contributed by atoms with Crippen molar-refractivity contribution in [3.63, 3.8) is 0 Å². The van der Waals surface area contributed by atoms with Crippen LogP contribution in [0.2, 0.25) is 0 Å². The quantitative estimate of drug-likeness (QED) is 0.375. The molecular formula is C29H21N3O2S. The van der Waals surface area contributed by atoms with Crippen molar-refractivity contribution in [3.05, 3.63) is 119 Å². The van der Waals surface area contributed by atoms with Crippen LogP contribution in [0.5, 0.6) is 0 Å². The Morgan fingerprint density at radius 1 is 0.829 bits per heavy atom. The van der Waals surface area contributed by atoms with E-state index in [4.69, 9.17) is 0 Å². The number of nitriles is 1. The van der Waals surface area contributed by atoms with E-state index < -0.39 is 0 Å². The minimum Gasteiger partial charge on any atom is -0.322 e. The monoisotopic (exact) mass is 475 g/mol. The van der Waals surface area contributed by atoms with Gasteiger partial charge >= 0.3 is 0 Å². The Hall–Kier alpha value is -4.34. The SMILES string of the molecule is N#Cc1ccccc1Sc1ccccc1C(=O)Nc1ccc(C(=O)N2CCc3ccccc32)cc1. The van der Waals surface area contributed by atoms with E-state index in [-0.39, 0.29) is 11.8 Å². The summed E-state index contributed by atoms with van der Waals surface area (Å²) in [6.45, 7) is 0.667. The van der Waals surface area contributed by atoms with Crippen molar-refractivity contribution in [3.8, 4) is 6.07 Å². The molecule has 0 aliphatic carbocycles. The largest absolute Gasteiger partial charge is 0.322 e. The topological polar surface area (TPSA) is 73.2 Å². The van der Waals surface area contributed by atoms with Crippen LogP contribution < -0.4 is 10.2 Å². The maximum atomic E-state index is 13.1. The van der Waals surface area contributed by atoms with Gasteiger partial charge in [0.05, 0.1) is 11.1 Å². The van der Waals surface area contributed by atoms with Gasteiger partial charge in [0.25, 0.3) is 11.8 Å². The van der Waals surface area contributed by atoms with Gasteiger partial charge in [-0.05, 0) is 66.6 Å². The lowest BCUT2D eigenvalue weighted by Gasteiger charge is -2.17. The molecule has 0 radical (unpaired) electrons. The fraction of sp³-hybridized carbons (Fsp3) is 0.0690. The molecule has 170 valence electrons. The Morgan fingerprint density at radius 3 is 2.31 bits per heavy atom. The van der Waals surface area contributed by atoms with Crippen LogP contribution in [0.3, 0.4) is 0 Å². The molecule has 0 spiro atoms. The molecule has 4 aromatic carbocycles. The smallest absolute Gasteiger partial charge is 0.258 e. The summed E-state index contributed by atoms with van der Waals surface area (Å²) in [5.74, 6) is -0.305.